The van der Waals surface area contributed by atoms with Crippen LogP contribution in [-0.4, -0.2) is 24.3 Å². The lowest BCUT2D eigenvalue weighted by Crippen LogP contribution is -2.06. The third-order valence-corrected chi connectivity index (χ3v) is 2.69. The Morgan fingerprint density at radius 1 is 1.40 bits per heavy atom. The van der Waals surface area contributed by atoms with E-state index in [1.54, 1.807) is 26.5 Å². The van der Waals surface area contributed by atoms with Crippen LogP contribution in [0.2, 0.25) is 0 Å². The summed E-state index contributed by atoms with van der Waals surface area (Å²) in [7, 11) is 3.13. The standard InChI is InChI=1S/C11H15NO3/c1-14-8-5-6-12-11(15-2)9(8)10(13)7-3-4-7/h5-7,10,13H,3-4H2,1-2H3. The number of aliphatic hydroxyl groups excluding tert-OH is 1. The molecule has 0 bridgehead atoms. The van der Waals surface area contributed by atoms with Crippen LogP contribution >= 0.6 is 0 Å². The van der Waals surface area contributed by atoms with Gasteiger partial charge in [-0.2, -0.15) is 0 Å². The molecule has 82 valence electrons. The minimum atomic E-state index is -0.524. The van der Waals surface area contributed by atoms with Crippen LogP contribution in [0.15, 0.2) is 12.3 Å². The third-order valence-electron chi connectivity index (χ3n) is 2.69. The molecule has 0 amide bonds. The topological polar surface area (TPSA) is 51.6 Å². The summed E-state index contributed by atoms with van der Waals surface area (Å²) in [6, 6.07) is 1.74. The Balaban J connectivity index is 2.39. The van der Waals surface area contributed by atoms with Gasteiger partial charge >= 0.3 is 0 Å². The Hall–Kier alpha value is -1.29. The van der Waals surface area contributed by atoms with E-state index in [0.717, 1.165) is 12.8 Å². The van der Waals surface area contributed by atoms with Crippen molar-refractivity contribution in [1.29, 1.82) is 0 Å². The molecule has 1 unspecified atom stereocenters. The predicted molar refractivity (Wildman–Crippen MR) is 55.0 cm³/mol. The Bertz CT molecular complexity index is 327. The molecule has 1 aliphatic carbocycles. The van der Waals surface area contributed by atoms with E-state index < -0.39 is 6.10 Å². The summed E-state index contributed by atoms with van der Waals surface area (Å²) in [6.45, 7) is 0. The molecule has 1 N–H and O–H groups in total. The molecule has 1 fully saturated rings. The van der Waals surface area contributed by atoms with Gasteiger partial charge < -0.3 is 14.6 Å². The van der Waals surface area contributed by atoms with E-state index in [1.165, 1.54) is 0 Å². The fourth-order valence-electron chi connectivity index (χ4n) is 1.70. The molecule has 1 heterocycles. The Kier molecular flexibility index (Phi) is 2.77. The summed E-state index contributed by atoms with van der Waals surface area (Å²) in [5.41, 5.74) is 0.671. The third kappa shape index (κ3) is 1.90. The second-order valence-corrected chi connectivity index (χ2v) is 3.72. The lowest BCUT2D eigenvalue weighted by molar-refractivity contribution is 0.145. The van der Waals surface area contributed by atoms with Gasteiger partial charge in [-0.25, -0.2) is 4.98 Å². The van der Waals surface area contributed by atoms with Gasteiger partial charge in [0.25, 0.3) is 0 Å². The minimum Gasteiger partial charge on any atom is -0.496 e. The van der Waals surface area contributed by atoms with E-state index in [-0.39, 0.29) is 0 Å². The Labute approximate surface area is 88.9 Å². The smallest absolute Gasteiger partial charge is 0.222 e. The average Bonchev–Trinajstić information content (AvgIpc) is 3.10. The molecule has 1 saturated carbocycles. The molecular formula is C11H15NO3. The van der Waals surface area contributed by atoms with Crippen molar-refractivity contribution in [3.63, 3.8) is 0 Å². The van der Waals surface area contributed by atoms with Crippen molar-refractivity contribution in [2.75, 3.05) is 14.2 Å². The Morgan fingerprint density at radius 3 is 2.67 bits per heavy atom. The predicted octanol–water partition coefficient (Wildman–Crippen LogP) is 1.54. The number of aliphatic hydroxyl groups is 1. The molecule has 0 radical (unpaired) electrons. The molecule has 1 aliphatic rings. The van der Waals surface area contributed by atoms with Gasteiger partial charge in [-0.15, -0.1) is 0 Å². The number of aromatic nitrogens is 1. The van der Waals surface area contributed by atoms with Crippen LogP contribution in [0.4, 0.5) is 0 Å². The zero-order valence-corrected chi connectivity index (χ0v) is 8.93. The lowest BCUT2D eigenvalue weighted by atomic mass is 10.1. The summed E-state index contributed by atoms with van der Waals surface area (Å²) in [5, 5.41) is 10.1. The summed E-state index contributed by atoms with van der Waals surface area (Å²) in [6.07, 6.45) is 3.20. The molecule has 2 rings (SSSR count). The first kappa shape index (κ1) is 10.2. The maximum Gasteiger partial charge on any atom is 0.222 e. The Morgan fingerprint density at radius 2 is 2.13 bits per heavy atom. The van der Waals surface area contributed by atoms with Crippen molar-refractivity contribution < 1.29 is 14.6 Å². The molecule has 1 aromatic heterocycles. The van der Waals surface area contributed by atoms with E-state index in [4.69, 9.17) is 9.47 Å². The minimum absolute atomic E-state index is 0.331. The highest BCUT2D eigenvalue weighted by atomic mass is 16.5. The number of rotatable bonds is 4. The van der Waals surface area contributed by atoms with Crippen LogP contribution < -0.4 is 9.47 Å². The molecule has 0 spiro atoms. The number of ether oxygens (including phenoxy) is 2. The van der Waals surface area contributed by atoms with E-state index in [9.17, 15) is 5.11 Å². The van der Waals surface area contributed by atoms with Gasteiger partial charge in [-0.3, -0.25) is 0 Å². The number of pyridine rings is 1. The molecule has 1 atom stereocenters. The van der Waals surface area contributed by atoms with Crippen LogP contribution in [0.1, 0.15) is 24.5 Å². The number of hydrogen-bond donors (Lipinski definition) is 1. The fraction of sp³-hybridized carbons (Fsp3) is 0.545. The van der Waals surface area contributed by atoms with Crippen molar-refractivity contribution in [1.82, 2.24) is 4.98 Å². The van der Waals surface area contributed by atoms with Crippen LogP contribution in [0.25, 0.3) is 0 Å². The van der Waals surface area contributed by atoms with Gasteiger partial charge in [-0.05, 0) is 24.8 Å². The largest absolute Gasteiger partial charge is 0.496 e. The van der Waals surface area contributed by atoms with Crippen molar-refractivity contribution in [3.8, 4) is 11.6 Å². The van der Waals surface area contributed by atoms with Crippen LogP contribution in [0.3, 0.4) is 0 Å². The average molecular weight is 209 g/mol. The van der Waals surface area contributed by atoms with Crippen LogP contribution in [0.5, 0.6) is 11.6 Å². The van der Waals surface area contributed by atoms with E-state index in [2.05, 4.69) is 4.98 Å². The normalized spacial score (nSPS) is 17.3. The molecule has 0 aliphatic heterocycles. The molecule has 4 nitrogen and oxygen atoms in total. The fourth-order valence-corrected chi connectivity index (χ4v) is 1.70. The van der Waals surface area contributed by atoms with Crippen molar-refractivity contribution in [3.05, 3.63) is 17.8 Å². The van der Waals surface area contributed by atoms with Crippen molar-refractivity contribution >= 4 is 0 Å². The molecule has 0 aromatic carbocycles. The van der Waals surface area contributed by atoms with Gasteiger partial charge in [-0.1, -0.05) is 0 Å². The zero-order valence-electron chi connectivity index (χ0n) is 8.93. The van der Waals surface area contributed by atoms with E-state index in [1.807, 2.05) is 0 Å². The van der Waals surface area contributed by atoms with Gasteiger partial charge in [0.05, 0.1) is 25.9 Å². The number of hydrogen-bond acceptors (Lipinski definition) is 4. The van der Waals surface area contributed by atoms with E-state index in [0.29, 0.717) is 23.1 Å². The monoisotopic (exact) mass is 209 g/mol. The summed E-state index contributed by atoms with van der Waals surface area (Å²) in [5.74, 6) is 1.42. The summed E-state index contributed by atoms with van der Waals surface area (Å²) >= 11 is 0. The first-order valence-corrected chi connectivity index (χ1v) is 5.03. The molecule has 15 heavy (non-hydrogen) atoms. The zero-order chi connectivity index (χ0) is 10.8. The SMILES string of the molecule is COc1ccnc(OC)c1C(O)C1CC1. The second-order valence-electron chi connectivity index (χ2n) is 3.72. The number of methoxy groups -OCH3 is 2. The van der Waals surface area contributed by atoms with Crippen molar-refractivity contribution in [2.45, 2.75) is 18.9 Å². The quantitative estimate of drug-likeness (QED) is 0.817. The van der Waals surface area contributed by atoms with Gasteiger partial charge in [0.2, 0.25) is 5.88 Å². The summed E-state index contributed by atoms with van der Waals surface area (Å²) < 4.78 is 10.3. The second kappa shape index (κ2) is 4.06. The van der Waals surface area contributed by atoms with Crippen LogP contribution in [0, 0.1) is 5.92 Å². The van der Waals surface area contributed by atoms with E-state index >= 15 is 0 Å². The summed E-state index contributed by atoms with van der Waals surface area (Å²) in [4.78, 5) is 4.07. The first-order valence-electron chi connectivity index (χ1n) is 5.03. The molecule has 4 heteroatoms. The molecule has 0 saturated heterocycles. The highest BCUT2D eigenvalue weighted by Crippen LogP contribution is 2.45. The highest BCUT2D eigenvalue weighted by Gasteiger charge is 2.34. The molecular weight excluding hydrogens is 194 g/mol. The highest BCUT2D eigenvalue weighted by molar-refractivity contribution is 5.42. The lowest BCUT2D eigenvalue weighted by Gasteiger charge is -2.16. The van der Waals surface area contributed by atoms with Gasteiger partial charge in [0.15, 0.2) is 0 Å². The van der Waals surface area contributed by atoms with Gasteiger partial charge in [0.1, 0.15) is 5.75 Å². The molecule has 1 aromatic rings. The van der Waals surface area contributed by atoms with Crippen LogP contribution in [-0.2, 0) is 0 Å². The first-order chi connectivity index (χ1) is 7.27. The van der Waals surface area contributed by atoms with Crippen molar-refractivity contribution in [2.24, 2.45) is 5.92 Å². The van der Waals surface area contributed by atoms with Gasteiger partial charge in [0, 0.05) is 6.20 Å². The maximum absolute atomic E-state index is 10.1. The maximum atomic E-state index is 10.1. The number of nitrogens with zero attached hydrogens (tertiary/aromatic N) is 1.